The fraction of sp³-hybridized carbons (Fsp3) is 0.185. The predicted octanol–water partition coefficient (Wildman–Crippen LogP) is 4.34. The fourth-order valence-electron chi connectivity index (χ4n) is 3.83. The monoisotopic (exact) mass is 440 g/mol. The average Bonchev–Trinajstić information content (AvgIpc) is 2.85. The molecule has 1 aliphatic rings. The third kappa shape index (κ3) is 5.55. The highest BCUT2D eigenvalue weighted by molar-refractivity contribution is 6.07. The summed E-state index contributed by atoms with van der Waals surface area (Å²) in [5, 5.41) is 9.10. The Morgan fingerprint density at radius 3 is 2.03 bits per heavy atom. The van der Waals surface area contributed by atoms with Crippen LogP contribution in [0.2, 0.25) is 0 Å². The zero-order chi connectivity index (χ0) is 23.2. The smallest absolute Gasteiger partial charge is 0.255 e. The molecular formula is C27H28N4O2. The van der Waals surface area contributed by atoms with Crippen LogP contribution in [0.25, 0.3) is 5.57 Å². The molecule has 0 fully saturated rings. The molecule has 4 rings (SSSR count). The van der Waals surface area contributed by atoms with E-state index in [2.05, 4.69) is 22.0 Å². The van der Waals surface area contributed by atoms with Gasteiger partial charge in [0.05, 0.1) is 0 Å². The lowest BCUT2D eigenvalue weighted by Gasteiger charge is -2.14. The highest BCUT2D eigenvalue weighted by Gasteiger charge is 2.11. The number of nitrogens with two attached hydrogens (primary N) is 1. The van der Waals surface area contributed by atoms with Crippen molar-refractivity contribution < 1.29 is 9.59 Å². The van der Waals surface area contributed by atoms with E-state index in [1.165, 1.54) is 11.1 Å². The maximum atomic E-state index is 12.6. The number of aryl methyl sites for hydroxylation is 1. The lowest BCUT2D eigenvalue weighted by atomic mass is 10.00. The van der Waals surface area contributed by atoms with Gasteiger partial charge in [-0.15, -0.1) is 0 Å². The zero-order valence-electron chi connectivity index (χ0n) is 18.7. The van der Waals surface area contributed by atoms with E-state index in [4.69, 9.17) is 5.73 Å². The van der Waals surface area contributed by atoms with E-state index in [0.29, 0.717) is 23.4 Å². The van der Waals surface area contributed by atoms with Gasteiger partial charge in [0, 0.05) is 35.6 Å². The van der Waals surface area contributed by atoms with E-state index < -0.39 is 0 Å². The van der Waals surface area contributed by atoms with Crippen molar-refractivity contribution in [2.75, 3.05) is 23.7 Å². The second-order valence-electron chi connectivity index (χ2n) is 8.09. The molecule has 5 N–H and O–H groups in total. The second kappa shape index (κ2) is 10.3. The minimum Gasteiger partial charge on any atom is -0.326 e. The molecular weight excluding hydrogens is 412 g/mol. The third-order valence-corrected chi connectivity index (χ3v) is 5.81. The first-order valence-corrected chi connectivity index (χ1v) is 11.1. The van der Waals surface area contributed by atoms with Gasteiger partial charge in [-0.1, -0.05) is 24.3 Å². The van der Waals surface area contributed by atoms with E-state index in [9.17, 15) is 9.59 Å². The molecule has 6 heteroatoms. The van der Waals surface area contributed by atoms with Crippen LogP contribution in [0.15, 0.2) is 72.8 Å². The van der Waals surface area contributed by atoms with Crippen molar-refractivity contribution in [1.82, 2.24) is 5.32 Å². The van der Waals surface area contributed by atoms with Crippen molar-refractivity contribution >= 4 is 28.8 Å². The Labute approximate surface area is 193 Å². The van der Waals surface area contributed by atoms with Gasteiger partial charge in [0.25, 0.3) is 11.8 Å². The van der Waals surface area contributed by atoms with Crippen LogP contribution >= 0.6 is 0 Å². The van der Waals surface area contributed by atoms with Gasteiger partial charge in [0.2, 0.25) is 0 Å². The molecule has 2 amide bonds. The SMILES string of the molecule is Cc1cc(NC(=O)c2ccc(C(=O)Nc3ccc(C4=CCNCC4)cc3)cc2)ccc1CN. The maximum Gasteiger partial charge on any atom is 0.255 e. The summed E-state index contributed by atoms with van der Waals surface area (Å²) < 4.78 is 0. The van der Waals surface area contributed by atoms with Crippen LogP contribution in [0.1, 0.15) is 43.8 Å². The minimum absolute atomic E-state index is 0.219. The van der Waals surface area contributed by atoms with Gasteiger partial charge in [-0.3, -0.25) is 9.59 Å². The summed E-state index contributed by atoms with van der Waals surface area (Å²) in [6.45, 7) is 4.30. The number of anilines is 2. The summed E-state index contributed by atoms with van der Waals surface area (Å²) >= 11 is 0. The number of carbonyl (C=O) groups is 2. The van der Waals surface area contributed by atoms with E-state index >= 15 is 0 Å². The number of benzene rings is 3. The molecule has 3 aromatic carbocycles. The molecule has 33 heavy (non-hydrogen) atoms. The number of hydrogen-bond donors (Lipinski definition) is 4. The van der Waals surface area contributed by atoms with E-state index in [1.54, 1.807) is 24.3 Å². The number of carbonyl (C=O) groups excluding carboxylic acids is 2. The van der Waals surface area contributed by atoms with Crippen LogP contribution in [-0.2, 0) is 6.54 Å². The Morgan fingerprint density at radius 1 is 0.879 bits per heavy atom. The van der Waals surface area contributed by atoms with E-state index in [0.717, 1.165) is 36.3 Å². The predicted molar refractivity (Wildman–Crippen MR) is 133 cm³/mol. The first-order chi connectivity index (χ1) is 16.0. The van der Waals surface area contributed by atoms with Gasteiger partial charge in [0.15, 0.2) is 0 Å². The van der Waals surface area contributed by atoms with Crippen LogP contribution in [0.3, 0.4) is 0 Å². The van der Waals surface area contributed by atoms with Crippen LogP contribution < -0.4 is 21.7 Å². The van der Waals surface area contributed by atoms with E-state index in [-0.39, 0.29) is 11.8 Å². The highest BCUT2D eigenvalue weighted by atomic mass is 16.2. The molecule has 0 saturated carbocycles. The quantitative estimate of drug-likeness (QED) is 0.459. The van der Waals surface area contributed by atoms with Crippen LogP contribution in [0.5, 0.6) is 0 Å². The van der Waals surface area contributed by atoms with Crippen molar-refractivity contribution in [2.45, 2.75) is 19.9 Å². The van der Waals surface area contributed by atoms with Gasteiger partial charge in [-0.05, 0) is 90.7 Å². The molecule has 0 unspecified atom stereocenters. The van der Waals surface area contributed by atoms with E-state index in [1.807, 2.05) is 49.4 Å². The Morgan fingerprint density at radius 2 is 1.48 bits per heavy atom. The van der Waals surface area contributed by atoms with Crippen molar-refractivity contribution in [2.24, 2.45) is 5.73 Å². The van der Waals surface area contributed by atoms with Crippen LogP contribution in [0, 0.1) is 6.92 Å². The molecule has 0 bridgehead atoms. The molecule has 6 nitrogen and oxygen atoms in total. The summed E-state index contributed by atoms with van der Waals surface area (Å²) in [6.07, 6.45) is 3.20. The van der Waals surface area contributed by atoms with Crippen molar-refractivity contribution in [1.29, 1.82) is 0 Å². The lowest BCUT2D eigenvalue weighted by molar-refractivity contribution is 0.101. The molecule has 0 spiro atoms. The second-order valence-corrected chi connectivity index (χ2v) is 8.09. The average molecular weight is 441 g/mol. The Bertz CT molecular complexity index is 1180. The zero-order valence-corrected chi connectivity index (χ0v) is 18.7. The summed E-state index contributed by atoms with van der Waals surface area (Å²) in [4.78, 5) is 25.2. The molecule has 1 aliphatic heterocycles. The van der Waals surface area contributed by atoms with Gasteiger partial charge >= 0.3 is 0 Å². The summed E-state index contributed by atoms with van der Waals surface area (Å²) in [5.74, 6) is -0.451. The van der Waals surface area contributed by atoms with Gasteiger partial charge < -0.3 is 21.7 Å². The molecule has 1 heterocycles. The number of rotatable bonds is 6. The molecule has 168 valence electrons. The molecule has 3 aromatic rings. The number of hydrogen-bond acceptors (Lipinski definition) is 4. The standard InChI is InChI=1S/C27H28N4O2/c1-18-16-25(11-8-23(18)17-28)31-27(33)22-4-2-21(3-5-22)26(32)30-24-9-6-19(7-10-24)20-12-14-29-15-13-20/h2-12,16,29H,13-15,17,28H2,1H3,(H,30,32)(H,31,33). The Kier molecular flexibility index (Phi) is 6.98. The molecule has 0 aliphatic carbocycles. The highest BCUT2D eigenvalue weighted by Crippen LogP contribution is 2.22. The topological polar surface area (TPSA) is 96.2 Å². The van der Waals surface area contributed by atoms with Crippen LogP contribution in [-0.4, -0.2) is 24.9 Å². The largest absolute Gasteiger partial charge is 0.326 e. The summed E-state index contributed by atoms with van der Waals surface area (Å²) in [5.41, 5.74) is 12.7. The van der Waals surface area contributed by atoms with Crippen molar-refractivity contribution in [3.05, 3.63) is 101 Å². The lowest BCUT2D eigenvalue weighted by Crippen LogP contribution is -2.20. The molecule has 0 saturated heterocycles. The number of nitrogens with one attached hydrogen (secondary N) is 3. The summed E-state index contributed by atoms with van der Waals surface area (Å²) in [6, 6.07) is 20.1. The first kappa shape index (κ1) is 22.5. The normalized spacial score (nSPS) is 13.2. The minimum atomic E-state index is -0.232. The number of amides is 2. The molecule has 0 atom stereocenters. The Hall–Kier alpha value is -3.74. The van der Waals surface area contributed by atoms with Crippen molar-refractivity contribution in [3.8, 4) is 0 Å². The van der Waals surface area contributed by atoms with Crippen molar-refractivity contribution in [3.63, 3.8) is 0 Å². The third-order valence-electron chi connectivity index (χ3n) is 5.81. The Balaban J connectivity index is 1.37. The summed E-state index contributed by atoms with van der Waals surface area (Å²) in [7, 11) is 0. The fourth-order valence-corrected chi connectivity index (χ4v) is 3.83. The maximum absolute atomic E-state index is 12.6. The molecule has 0 radical (unpaired) electrons. The van der Waals surface area contributed by atoms with Crippen LogP contribution in [0.4, 0.5) is 11.4 Å². The van der Waals surface area contributed by atoms with Gasteiger partial charge in [-0.25, -0.2) is 0 Å². The molecule has 0 aromatic heterocycles. The van der Waals surface area contributed by atoms with Gasteiger partial charge in [-0.2, -0.15) is 0 Å². The van der Waals surface area contributed by atoms with Gasteiger partial charge in [0.1, 0.15) is 0 Å². The first-order valence-electron chi connectivity index (χ1n) is 11.1.